The normalized spacial score (nSPS) is 11.9. The number of carbonyl (C=O) groups is 1. The van der Waals surface area contributed by atoms with Crippen molar-refractivity contribution in [3.05, 3.63) is 35.9 Å². The molecule has 1 unspecified atom stereocenters. The first-order chi connectivity index (χ1) is 8.72. The lowest BCUT2D eigenvalue weighted by Crippen LogP contribution is -2.41. The van der Waals surface area contributed by atoms with Crippen LogP contribution in [0.5, 0.6) is 0 Å². The van der Waals surface area contributed by atoms with Crippen LogP contribution in [-0.2, 0) is 6.42 Å². The Balaban J connectivity index is 2.17. The summed E-state index contributed by atoms with van der Waals surface area (Å²) in [6.45, 7) is 4.91. The highest BCUT2D eigenvalue weighted by atomic mass is 16.2. The molecule has 0 spiro atoms. The van der Waals surface area contributed by atoms with E-state index in [2.05, 4.69) is 29.7 Å². The number of nitrogens with one attached hydrogen (secondary N) is 2. The first kappa shape index (κ1) is 14.6. The molecule has 1 aromatic rings. The molecule has 3 heteroatoms. The number of hydrogen-bond donors (Lipinski definition) is 2. The van der Waals surface area contributed by atoms with E-state index in [1.165, 1.54) is 5.56 Å². The molecule has 0 aromatic heterocycles. The van der Waals surface area contributed by atoms with E-state index in [1.807, 2.05) is 25.1 Å². The number of urea groups is 1. The van der Waals surface area contributed by atoms with E-state index in [0.717, 1.165) is 32.2 Å². The van der Waals surface area contributed by atoms with Gasteiger partial charge in [-0.25, -0.2) is 4.79 Å². The first-order valence-electron chi connectivity index (χ1n) is 6.80. The van der Waals surface area contributed by atoms with E-state index in [0.29, 0.717) is 0 Å². The molecule has 18 heavy (non-hydrogen) atoms. The largest absolute Gasteiger partial charge is 0.338 e. The molecule has 0 saturated carbocycles. The van der Waals surface area contributed by atoms with Crippen molar-refractivity contribution in [2.45, 2.75) is 45.6 Å². The highest BCUT2D eigenvalue weighted by Gasteiger charge is 2.06. The number of benzene rings is 1. The van der Waals surface area contributed by atoms with Gasteiger partial charge < -0.3 is 10.6 Å². The summed E-state index contributed by atoms with van der Waals surface area (Å²) in [5, 5.41) is 5.82. The monoisotopic (exact) mass is 248 g/mol. The van der Waals surface area contributed by atoms with E-state index in [-0.39, 0.29) is 12.1 Å². The number of hydrogen-bond acceptors (Lipinski definition) is 1. The molecule has 2 amide bonds. The van der Waals surface area contributed by atoms with Gasteiger partial charge in [0, 0.05) is 12.6 Å². The van der Waals surface area contributed by atoms with Crippen molar-refractivity contribution in [1.82, 2.24) is 10.6 Å². The standard InChI is InChI=1S/C15H24N2O/c1-3-4-12-16-15(18)17-13(2)10-11-14-8-6-5-7-9-14/h5-9,13H,3-4,10-12H2,1-2H3,(H2,16,17,18). The molecule has 0 aliphatic rings. The quantitative estimate of drug-likeness (QED) is 0.715. The summed E-state index contributed by atoms with van der Waals surface area (Å²) in [5.41, 5.74) is 1.32. The average molecular weight is 248 g/mol. The van der Waals surface area contributed by atoms with Crippen molar-refractivity contribution in [2.75, 3.05) is 6.54 Å². The van der Waals surface area contributed by atoms with Crippen LogP contribution in [0.4, 0.5) is 4.79 Å². The van der Waals surface area contributed by atoms with Gasteiger partial charge in [0.15, 0.2) is 0 Å². The molecular formula is C15H24N2O. The maximum absolute atomic E-state index is 11.5. The van der Waals surface area contributed by atoms with Crippen molar-refractivity contribution in [2.24, 2.45) is 0 Å². The Bertz CT molecular complexity index is 338. The Labute approximate surface area is 110 Å². The van der Waals surface area contributed by atoms with E-state index in [4.69, 9.17) is 0 Å². The minimum absolute atomic E-state index is 0.0518. The second-order valence-corrected chi connectivity index (χ2v) is 4.68. The van der Waals surface area contributed by atoms with Crippen LogP contribution in [0.25, 0.3) is 0 Å². The molecule has 0 radical (unpaired) electrons. The SMILES string of the molecule is CCCCNC(=O)NC(C)CCc1ccccc1. The second kappa shape index (κ2) is 8.56. The lowest BCUT2D eigenvalue weighted by Gasteiger charge is -2.14. The Morgan fingerprint density at radius 1 is 1.28 bits per heavy atom. The molecule has 0 aliphatic heterocycles. The molecule has 3 nitrogen and oxygen atoms in total. The van der Waals surface area contributed by atoms with Gasteiger partial charge in [-0.15, -0.1) is 0 Å². The lowest BCUT2D eigenvalue weighted by molar-refractivity contribution is 0.237. The molecule has 100 valence electrons. The third kappa shape index (κ3) is 6.28. The summed E-state index contributed by atoms with van der Waals surface area (Å²) >= 11 is 0. The zero-order valence-electron chi connectivity index (χ0n) is 11.4. The topological polar surface area (TPSA) is 41.1 Å². The summed E-state index contributed by atoms with van der Waals surface area (Å²) in [5.74, 6) is 0. The number of aryl methyl sites for hydroxylation is 1. The highest BCUT2D eigenvalue weighted by molar-refractivity contribution is 5.74. The third-order valence-electron chi connectivity index (χ3n) is 2.90. The van der Waals surface area contributed by atoms with Gasteiger partial charge >= 0.3 is 6.03 Å². The van der Waals surface area contributed by atoms with E-state index in [9.17, 15) is 4.79 Å². The minimum atomic E-state index is -0.0518. The lowest BCUT2D eigenvalue weighted by atomic mass is 10.1. The van der Waals surface area contributed by atoms with Gasteiger partial charge in [-0.1, -0.05) is 43.7 Å². The third-order valence-corrected chi connectivity index (χ3v) is 2.90. The van der Waals surface area contributed by atoms with Crippen molar-refractivity contribution < 1.29 is 4.79 Å². The summed E-state index contributed by atoms with van der Waals surface area (Å²) in [4.78, 5) is 11.5. The van der Waals surface area contributed by atoms with Gasteiger partial charge in [0.05, 0.1) is 0 Å². The fourth-order valence-electron chi connectivity index (χ4n) is 1.75. The van der Waals surface area contributed by atoms with E-state index in [1.54, 1.807) is 0 Å². The molecule has 0 saturated heterocycles. The van der Waals surface area contributed by atoms with Crippen LogP contribution in [0.15, 0.2) is 30.3 Å². The fourth-order valence-corrected chi connectivity index (χ4v) is 1.75. The zero-order valence-corrected chi connectivity index (χ0v) is 11.4. The van der Waals surface area contributed by atoms with Gasteiger partial charge in [0.25, 0.3) is 0 Å². The fraction of sp³-hybridized carbons (Fsp3) is 0.533. The maximum Gasteiger partial charge on any atom is 0.314 e. The van der Waals surface area contributed by atoms with E-state index < -0.39 is 0 Å². The van der Waals surface area contributed by atoms with Crippen LogP contribution >= 0.6 is 0 Å². The smallest absolute Gasteiger partial charge is 0.314 e. The van der Waals surface area contributed by atoms with Crippen LogP contribution in [0.2, 0.25) is 0 Å². The number of rotatable bonds is 7. The van der Waals surface area contributed by atoms with Crippen LogP contribution in [-0.4, -0.2) is 18.6 Å². The Hall–Kier alpha value is -1.51. The molecule has 0 heterocycles. The predicted molar refractivity (Wildman–Crippen MR) is 75.7 cm³/mol. The zero-order chi connectivity index (χ0) is 13.2. The molecule has 1 rings (SSSR count). The Morgan fingerprint density at radius 2 is 2.00 bits per heavy atom. The van der Waals surface area contributed by atoms with Crippen LogP contribution in [0.3, 0.4) is 0 Å². The Kier molecular flexibility index (Phi) is 6.92. The van der Waals surface area contributed by atoms with Crippen LogP contribution in [0.1, 0.15) is 38.7 Å². The highest BCUT2D eigenvalue weighted by Crippen LogP contribution is 2.04. The van der Waals surface area contributed by atoms with E-state index >= 15 is 0 Å². The van der Waals surface area contributed by atoms with Gasteiger partial charge in [0.1, 0.15) is 0 Å². The van der Waals surface area contributed by atoms with Crippen LogP contribution < -0.4 is 10.6 Å². The molecule has 1 atom stereocenters. The number of carbonyl (C=O) groups excluding carboxylic acids is 1. The van der Waals surface area contributed by atoms with Crippen molar-refractivity contribution >= 4 is 6.03 Å². The second-order valence-electron chi connectivity index (χ2n) is 4.68. The number of unbranched alkanes of at least 4 members (excludes halogenated alkanes) is 1. The minimum Gasteiger partial charge on any atom is -0.338 e. The molecule has 0 fully saturated rings. The summed E-state index contributed by atoms with van der Waals surface area (Å²) in [6.07, 6.45) is 4.10. The van der Waals surface area contributed by atoms with Gasteiger partial charge in [-0.2, -0.15) is 0 Å². The van der Waals surface area contributed by atoms with Crippen molar-refractivity contribution in [3.8, 4) is 0 Å². The maximum atomic E-state index is 11.5. The summed E-state index contributed by atoms with van der Waals surface area (Å²) < 4.78 is 0. The van der Waals surface area contributed by atoms with Crippen LogP contribution in [0, 0.1) is 0 Å². The first-order valence-corrected chi connectivity index (χ1v) is 6.80. The molecule has 0 bridgehead atoms. The van der Waals surface area contributed by atoms with Gasteiger partial charge in [0.2, 0.25) is 0 Å². The van der Waals surface area contributed by atoms with Crippen molar-refractivity contribution in [3.63, 3.8) is 0 Å². The number of amides is 2. The average Bonchev–Trinajstić information content (AvgIpc) is 2.38. The van der Waals surface area contributed by atoms with Gasteiger partial charge in [-0.3, -0.25) is 0 Å². The Morgan fingerprint density at radius 3 is 2.67 bits per heavy atom. The molecule has 2 N–H and O–H groups in total. The van der Waals surface area contributed by atoms with Gasteiger partial charge in [-0.05, 0) is 31.7 Å². The molecule has 1 aromatic carbocycles. The summed E-state index contributed by atoms with van der Waals surface area (Å²) in [7, 11) is 0. The van der Waals surface area contributed by atoms with Crippen molar-refractivity contribution in [1.29, 1.82) is 0 Å². The molecule has 0 aliphatic carbocycles. The summed E-state index contributed by atoms with van der Waals surface area (Å²) in [6, 6.07) is 10.5. The molecular weight excluding hydrogens is 224 g/mol. The predicted octanol–water partition coefficient (Wildman–Crippen LogP) is 3.11.